The van der Waals surface area contributed by atoms with E-state index < -0.39 is 6.04 Å². The third kappa shape index (κ3) is 4.23. The lowest BCUT2D eigenvalue weighted by Gasteiger charge is -2.16. The summed E-state index contributed by atoms with van der Waals surface area (Å²) >= 11 is 1.54. The molecule has 1 aromatic carbocycles. The highest BCUT2D eigenvalue weighted by molar-refractivity contribution is 7.16. The fourth-order valence-corrected chi connectivity index (χ4v) is 4.65. The van der Waals surface area contributed by atoms with Crippen LogP contribution in [0.15, 0.2) is 18.2 Å². The molecule has 1 atom stereocenters. The number of hydrogen-bond donors (Lipinski definition) is 2. The minimum absolute atomic E-state index is 0.178. The van der Waals surface area contributed by atoms with Gasteiger partial charge in [-0.2, -0.15) is 5.26 Å². The van der Waals surface area contributed by atoms with E-state index in [0.717, 1.165) is 36.9 Å². The first-order chi connectivity index (χ1) is 13.6. The number of benzene rings is 1. The van der Waals surface area contributed by atoms with Gasteiger partial charge in [0.1, 0.15) is 17.1 Å². The van der Waals surface area contributed by atoms with E-state index in [4.69, 9.17) is 9.47 Å². The number of methoxy groups -OCH3 is 2. The van der Waals surface area contributed by atoms with Crippen molar-refractivity contribution < 1.29 is 14.3 Å². The topological polar surface area (TPSA) is 83.4 Å². The van der Waals surface area contributed by atoms with Crippen LogP contribution in [0.25, 0.3) is 0 Å². The molecule has 0 radical (unpaired) electrons. The van der Waals surface area contributed by atoms with Crippen LogP contribution in [0, 0.1) is 11.3 Å². The van der Waals surface area contributed by atoms with Gasteiger partial charge >= 0.3 is 0 Å². The molecule has 0 bridgehead atoms. The largest absolute Gasteiger partial charge is 0.493 e. The molecule has 148 valence electrons. The molecule has 7 heteroatoms. The number of amides is 1. The molecule has 28 heavy (non-hydrogen) atoms. The van der Waals surface area contributed by atoms with E-state index in [9.17, 15) is 10.1 Å². The highest BCUT2D eigenvalue weighted by Crippen LogP contribution is 2.37. The van der Waals surface area contributed by atoms with Gasteiger partial charge in [0.15, 0.2) is 11.5 Å². The Kier molecular flexibility index (Phi) is 6.42. The lowest BCUT2D eigenvalue weighted by molar-refractivity contribution is -0.116. The Balaban J connectivity index is 1.72. The Morgan fingerprint density at radius 2 is 1.93 bits per heavy atom. The Labute approximate surface area is 169 Å². The summed E-state index contributed by atoms with van der Waals surface area (Å²) in [5.74, 6) is 1.04. The van der Waals surface area contributed by atoms with E-state index in [1.165, 1.54) is 11.3 Å². The average Bonchev–Trinajstić information content (AvgIpc) is 2.86. The predicted octanol–water partition coefficient (Wildman–Crippen LogP) is 4.34. The number of nitrogens with zero attached hydrogens (tertiary/aromatic N) is 1. The summed E-state index contributed by atoms with van der Waals surface area (Å²) in [5.41, 5.74) is 2.51. The molecule has 1 unspecified atom stereocenters. The van der Waals surface area contributed by atoms with Gasteiger partial charge < -0.3 is 20.1 Å². The molecule has 1 aliphatic rings. The van der Waals surface area contributed by atoms with Gasteiger partial charge in [-0.3, -0.25) is 4.79 Å². The van der Waals surface area contributed by atoms with Gasteiger partial charge in [0.25, 0.3) is 0 Å². The zero-order valence-corrected chi connectivity index (χ0v) is 17.2. The van der Waals surface area contributed by atoms with Crippen molar-refractivity contribution in [3.63, 3.8) is 0 Å². The summed E-state index contributed by atoms with van der Waals surface area (Å²) in [6, 6.07) is 7.23. The molecule has 1 aliphatic carbocycles. The third-order valence-corrected chi connectivity index (χ3v) is 6.14. The molecule has 1 amide bonds. The van der Waals surface area contributed by atoms with Crippen molar-refractivity contribution >= 4 is 27.9 Å². The molecule has 2 aromatic rings. The van der Waals surface area contributed by atoms with E-state index in [1.54, 1.807) is 44.6 Å². The number of ether oxygens (including phenoxy) is 2. The Morgan fingerprint density at radius 1 is 1.18 bits per heavy atom. The van der Waals surface area contributed by atoms with E-state index in [2.05, 4.69) is 16.7 Å². The number of anilines is 2. The van der Waals surface area contributed by atoms with Crippen molar-refractivity contribution in [2.24, 2.45) is 0 Å². The number of fused-ring (bicyclic) bond motifs is 1. The lowest BCUT2D eigenvalue weighted by Crippen LogP contribution is -2.31. The van der Waals surface area contributed by atoms with E-state index in [-0.39, 0.29) is 5.91 Å². The zero-order chi connectivity index (χ0) is 20.1. The van der Waals surface area contributed by atoms with Crippen LogP contribution < -0.4 is 20.1 Å². The highest BCUT2D eigenvalue weighted by Gasteiger charge is 2.22. The van der Waals surface area contributed by atoms with Gasteiger partial charge in [-0.1, -0.05) is 6.42 Å². The van der Waals surface area contributed by atoms with Gasteiger partial charge in [0.05, 0.1) is 19.8 Å². The van der Waals surface area contributed by atoms with Crippen LogP contribution in [0.3, 0.4) is 0 Å². The normalized spacial score (nSPS) is 14.2. The van der Waals surface area contributed by atoms with Crippen molar-refractivity contribution in [2.75, 3.05) is 24.9 Å². The zero-order valence-electron chi connectivity index (χ0n) is 16.4. The quantitative estimate of drug-likeness (QED) is 0.706. The first-order valence-electron chi connectivity index (χ1n) is 9.41. The van der Waals surface area contributed by atoms with Crippen LogP contribution in [-0.4, -0.2) is 26.2 Å². The van der Waals surface area contributed by atoms with Gasteiger partial charge in [-0.15, -0.1) is 11.3 Å². The van der Waals surface area contributed by atoms with Crippen molar-refractivity contribution in [2.45, 2.75) is 45.1 Å². The summed E-state index contributed by atoms with van der Waals surface area (Å²) in [7, 11) is 3.15. The maximum atomic E-state index is 12.7. The first-order valence-corrected chi connectivity index (χ1v) is 10.2. The highest BCUT2D eigenvalue weighted by atomic mass is 32.1. The van der Waals surface area contributed by atoms with Crippen molar-refractivity contribution in [1.29, 1.82) is 5.26 Å². The molecule has 0 aliphatic heterocycles. The number of carbonyl (C=O) groups excluding carboxylic acids is 1. The first kappa shape index (κ1) is 20.0. The smallest absolute Gasteiger partial charge is 0.247 e. The molecule has 6 nitrogen and oxygen atoms in total. The number of hydrogen-bond acceptors (Lipinski definition) is 6. The van der Waals surface area contributed by atoms with Crippen LogP contribution in [0.5, 0.6) is 11.5 Å². The number of rotatable bonds is 6. The lowest BCUT2D eigenvalue weighted by atomic mass is 10.1. The SMILES string of the molecule is COc1ccc(NC(C)C(=O)Nc2sc3c(c2C#N)CCCCC3)cc1OC. The Hall–Kier alpha value is -2.72. The second kappa shape index (κ2) is 8.98. The van der Waals surface area contributed by atoms with Gasteiger partial charge in [-0.05, 0) is 50.3 Å². The third-order valence-electron chi connectivity index (χ3n) is 4.93. The Morgan fingerprint density at radius 3 is 2.64 bits per heavy atom. The molecule has 0 saturated heterocycles. The fraction of sp³-hybridized carbons (Fsp3) is 0.429. The fourth-order valence-electron chi connectivity index (χ4n) is 3.41. The molecule has 3 rings (SSSR count). The molecule has 0 spiro atoms. The summed E-state index contributed by atoms with van der Waals surface area (Å²) in [6.07, 6.45) is 5.35. The number of nitriles is 1. The summed E-state index contributed by atoms with van der Waals surface area (Å²) < 4.78 is 10.5. The molecular formula is C21H25N3O3S. The molecule has 1 aromatic heterocycles. The maximum Gasteiger partial charge on any atom is 0.247 e. The minimum Gasteiger partial charge on any atom is -0.493 e. The monoisotopic (exact) mass is 399 g/mol. The van der Waals surface area contributed by atoms with Crippen molar-refractivity contribution in [3.05, 3.63) is 34.2 Å². The molecule has 2 N–H and O–H groups in total. The summed E-state index contributed by atoms with van der Waals surface area (Å²) in [4.78, 5) is 14.0. The number of thiophene rings is 1. The second-order valence-corrected chi connectivity index (χ2v) is 7.91. The maximum absolute atomic E-state index is 12.7. The minimum atomic E-state index is -0.480. The van der Waals surface area contributed by atoms with E-state index in [0.29, 0.717) is 22.1 Å². The molecule has 1 heterocycles. The summed E-state index contributed by atoms with van der Waals surface area (Å²) in [5, 5.41) is 16.4. The molecular weight excluding hydrogens is 374 g/mol. The van der Waals surface area contributed by atoms with Crippen LogP contribution in [0.2, 0.25) is 0 Å². The van der Waals surface area contributed by atoms with Crippen LogP contribution in [0.4, 0.5) is 10.7 Å². The van der Waals surface area contributed by atoms with Gasteiger partial charge in [0, 0.05) is 16.6 Å². The van der Waals surface area contributed by atoms with Crippen LogP contribution >= 0.6 is 11.3 Å². The van der Waals surface area contributed by atoms with Crippen molar-refractivity contribution in [1.82, 2.24) is 0 Å². The predicted molar refractivity (Wildman–Crippen MR) is 112 cm³/mol. The standard InChI is InChI=1S/C21H25N3O3S/c1-13(23-14-9-10-17(26-2)18(11-14)27-3)20(25)24-21-16(12-22)15-7-5-4-6-8-19(15)28-21/h9-11,13,23H,4-8H2,1-3H3,(H,24,25). The second-order valence-electron chi connectivity index (χ2n) is 6.81. The molecule has 0 saturated carbocycles. The van der Waals surface area contributed by atoms with E-state index >= 15 is 0 Å². The van der Waals surface area contributed by atoms with E-state index in [1.807, 2.05) is 6.07 Å². The number of carbonyl (C=O) groups is 1. The van der Waals surface area contributed by atoms with Crippen molar-refractivity contribution in [3.8, 4) is 17.6 Å². The van der Waals surface area contributed by atoms with Gasteiger partial charge in [-0.25, -0.2) is 0 Å². The number of nitrogens with one attached hydrogen (secondary N) is 2. The Bertz CT molecular complexity index is 901. The number of aryl methyl sites for hydroxylation is 1. The van der Waals surface area contributed by atoms with Gasteiger partial charge in [0.2, 0.25) is 5.91 Å². The average molecular weight is 400 g/mol. The van der Waals surface area contributed by atoms with Crippen LogP contribution in [0.1, 0.15) is 42.2 Å². The van der Waals surface area contributed by atoms with Crippen LogP contribution in [-0.2, 0) is 17.6 Å². The summed E-state index contributed by atoms with van der Waals surface area (Å²) in [6.45, 7) is 1.79. The molecule has 0 fully saturated rings.